The molecular formula is C28H23N3O7S. The quantitative estimate of drug-likeness (QED) is 0.399. The Labute approximate surface area is 227 Å². The molecule has 11 heteroatoms. The first kappa shape index (κ1) is 25.9. The second-order valence-corrected chi connectivity index (χ2v) is 9.65. The number of imide groups is 1. The number of carbonyl (C=O) groups excluding carboxylic acids is 4. The van der Waals surface area contributed by atoms with E-state index in [-0.39, 0.29) is 24.2 Å². The number of nitrogens with zero attached hydrogens (tertiary/aromatic N) is 1. The minimum absolute atomic E-state index is 0.108. The zero-order chi connectivity index (χ0) is 27.4. The molecule has 1 fully saturated rings. The van der Waals surface area contributed by atoms with Crippen LogP contribution < -0.4 is 24.8 Å². The molecule has 1 saturated heterocycles. The molecule has 5 rings (SSSR count). The Kier molecular flexibility index (Phi) is 7.50. The highest BCUT2D eigenvalue weighted by atomic mass is 32.2. The summed E-state index contributed by atoms with van der Waals surface area (Å²) in [4.78, 5) is 50.9. The molecule has 0 bridgehead atoms. The highest BCUT2D eigenvalue weighted by Gasteiger charge is 2.36. The standard InChI is InChI=1S/C28H23N3O7S/c1-17-2-6-19(7-3-17)29-26(33)15-36-21-9-4-18(5-10-21)12-24-27(34)31(28(35)39-24)14-25(32)30-20-8-11-22-23(13-20)38-16-37-22/h2-13H,14-16H2,1H3,(H,29,33)(H,30,32)/b24-12+. The lowest BCUT2D eigenvalue weighted by atomic mass is 10.2. The summed E-state index contributed by atoms with van der Waals surface area (Å²) in [7, 11) is 0. The van der Waals surface area contributed by atoms with Crippen LogP contribution in [0.1, 0.15) is 11.1 Å². The Bertz CT molecular complexity index is 1470. The predicted octanol–water partition coefficient (Wildman–Crippen LogP) is 4.42. The van der Waals surface area contributed by atoms with Crippen LogP contribution in [0.4, 0.5) is 16.2 Å². The third-order valence-corrected chi connectivity index (χ3v) is 6.62. The van der Waals surface area contributed by atoms with Gasteiger partial charge in [0.1, 0.15) is 12.3 Å². The molecule has 0 saturated carbocycles. The van der Waals surface area contributed by atoms with Crippen molar-refractivity contribution in [2.75, 3.05) is 30.6 Å². The van der Waals surface area contributed by atoms with Gasteiger partial charge in [-0.05, 0) is 66.7 Å². The second-order valence-electron chi connectivity index (χ2n) is 8.66. The fraction of sp³-hybridized carbons (Fsp3) is 0.143. The van der Waals surface area contributed by atoms with Gasteiger partial charge in [0.2, 0.25) is 12.7 Å². The number of thioether (sulfide) groups is 1. The topological polar surface area (TPSA) is 123 Å². The van der Waals surface area contributed by atoms with E-state index in [1.54, 1.807) is 48.5 Å². The normalized spacial score (nSPS) is 15.0. The van der Waals surface area contributed by atoms with Gasteiger partial charge >= 0.3 is 0 Å². The Hall–Kier alpha value is -4.77. The molecule has 2 heterocycles. The zero-order valence-electron chi connectivity index (χ0n) is 20.8. The number of amides is 4. The number of anilines is 2. The van der Waals surface area contributed by atoms with Crippen LogP contribution in [-0.2, 0) is 14.4 Å². The number of rotatable bonds is 8. The summed E-state index contributed by atoms with van der Waals surface area (Å²) in [6, 6.07) is 19.1. The molecule has 4 amide bonds. The van der Waals surface area contributed by atoms with Gasteiger partial charge in [-0.3, -0.25) is 24.1 Å². The first-order valence-corrected chi connectivity index (χ1v) is 12.7. The number of hydrogen-bond donors (Lipinski definition) is 2. The summed E-state index contributed by atoms with van der Waals surface area (Å²) < 4.78 is 16.1. The average molecular weight is 546 g/mol. The van der Waals surface area contributed by atoms with Crippen molar-refractivity contribution in [2.45, 2.75) is 6.92 Å². The SMILES string of the molecule is Cc1ccc(NC(=O)COc2ccc(/C=C3/SC(=O)N(CC(=O)Nc4ccc5c(c4)OCO5)C3=O)cc2)cc1. The van der Waals surface area contributed by atoms with Crippen LogP contribution in [0.15, 0.2) is 71.6 Å². The Balaban J connectivity index is 1.13. The van der Waals surface area contributed by atoms with Crippen molar-refractivity contribution in [3.05, 3.63) is 82.8 Å². The molecule has 3 aromatic carbocycles. The molecule has 0 radical (unpaired) electrons. The van der Waals surface area contributed by atoms with Crippen LogP contribution >= 0.6 is 11.8 Å². The van der Waals surface area contributed by atoms with Crippen molar-refractivity contribution in [1.82, 2.24) is 4.90 Å². The van der Waals surface area contributed by atoms with Gasteiger partial charge in [0.05, 0.1) is 4.91 Å². The lowest BCUT2D eigenvalue weighted by Gasteiger charge is -2.12. The summed E-state index contributed by atoms with van der Waals surface area (Å²) in [6.07, 6.45) is 1.56. The highest BCUT2D eigenvalue weighted by Crippen LogP contribution is 2.35. The van der Waals surface area contributed by atoms with Gasteiger partial charge in [0.15, 0.2) is 18.1 Å². The number of carbonyl (C=O) groups is 4. The minimum Gasteiger partial charge on any atom is -0.484 e. The van der Waals surface area contributed by atoms with Gasteiger partial charge in [-0.25, -0.2) is 0 Å². The minimum atomic E-state index is -0.557. The predicted molar refractivity (Wildman–Crippen MR) is 146 cm³/mol. The van der Waals surface area contributed by atoms with Gasteiger partial charge in [-0.2, -0.15) is 0 Å². The van der Waals surface area contributed by atoms with E-state index in [9.17, 15) is 19.2 Å². The van der Waals surface area contributed by atoms with Gasteiger partial charge in [0, 0.05) is 17.4 Å². The fourth-order valence-electron chi connectivity index (χ4n) is 3.75. The van der Waals surface area contributed by atoms with E-state index < -0.39 is 23.6 Å². The van der Waals surface area contributed by atoms with E-state index >= 15 is 0 Å². The van der Waals surface area contributed by atoms with Crippen LogP contribution in [0, 0.1) is 6.92 Å². The maximum absolute atomic E-state index is 12.8. The fourth-order valence-corrected chi connectivity index (χ4v) is 4.59. The third kappa shape index (κ3) is 6.39. The smallest absolute Gasteiger partial charge is 0.294 e. The molecule has 2 aliphatic rings. The number of hydrogen-bond acceptors (Lipinski definition) is 8. The number of benzene rings is 3. The Morgan fingerprint density at radius 3 is 2.38 bits per heavy atom. The van der Waals surface area contributed by atoms with Gasteiger partial charge in [-0.15, -0.1) is 0 Å². The van der Waals surface area contributed by atoms with Crippen molar-refractivity contribution < 1.29 is 33.4 Å². The van der Waals surface area contributed by atoms with E-state index in [1.165, 1.54) is 0 Å². The van der Waals surface area contributed by atoms with E-state index in [2.05, 4.69) is 10.6 Å². The van der Waals surface area contributed by atoms with E-state index in [0.717, 1.165) is 22.2 Å². The lowest BCUT2D eigenvalue weighted by Crippen LogP contribution is -2.36. The summed E-state index contributed by atoms with van der Waals surface area (Å²) in [6.45, 7) is 1.48. The van der Waals surface area contributed by atoms with Crippen molar-refractivity contribution >= 4 is 52.2 Å². The molecule has 2 N–H and O–H groups in total. The van der Waals surface area contributed by atoms with Gasteiger partial charge < -0.3 is 24.8 Å². The number of fused-ring (bicyclic) bond motifs is 1. The molecular weight excluding hydrogens is 522 g/mol. The molecule has 0 atom stereocenters. The third-order valence-electron chi connectivity index (χ3n) is 5.71. The summed E-state index contributed by atoms with van der Waals surface area (Å²) in [5.74, 6) is 0.180. The highest BCUT2D eigenvalue weighted by molar-refractivity contribution is 8.18. The maximum Gasteiger partial charge on any atom is 0.294 e. The van der Waals surface area contributed by atoms with Gasteiger partial charge in [0.25, 0.3) is 17.1 Å². The molecule has 2 aliphatic heterocycles. The zero-order valence-corrected chi connectivity index (χ0v) is 21.6. The van der Waals surface area contributed by atoms with E-state index in [1.807, 2.05) is 31.2 Å². The van der Waals surface area contributed by atoms with Crippen molar-refractivity contribution in [1.29, 1.82) is 0 Å². The summed E-state index contributed by atoms with van der Waals surface area (Å²) in [5.41, 5.74) is 2.89. The summed E-state index contributed by atoms with van der Waals surface area (Å²) >= 11 is 0.759. The van der Waals surface area contributed by atoms with Crippen LogP contribution in [0.2, 0.25) is 0 Å². The van der Waals surface area contributed by atoms with E-state index in [0.29, 0.717) is 34.2 Å². The Morgan fingerprint density at radius 1 is 0.923 bits per heavy atom. The second kappa shape index (κ2) is 11.3. The first-order chi connectivity index (χ1) is 18.8. The molecule has 3 aromatic rings. The molecule has 198 valence electrons. The number of ether oxygens (including phenoxy) is 3. The van der Waals surface area contributed by atoms with E-state index in [4.69, 9.17) is 14.2 Å². The molecule has 0 spiro atoms. The van der Waals surface area contributed by atoms with Crippen molar-refractivity contribution in [3.8, 4) is 17.2 Å². The van der Waals surface area contributed by atoms with Crippen molar-refractivity contribution in [2.24, 2.45) is 0 Å². The molecule has 39 heavy (non-hydrogen) atoms. The number of aryl methyl sites for hydroxylation is 1. The van der Waals surface area contributed by atoms with Crippen LogP contribution in [0.25, 0.3) is 6.08 Å². The lowest BCUT2D eigenvalue weighted by molar-refractivity contribution is -0.127. The average Bonchev–Trinajstić information content (AvgIpc) is 3.49. The molecule has 10 nitrogen and oxygen atoms in total. The Morgan fingerprint density at radius 2 is 1.62 bits per heavy atom. The summed E-state index contributed by atoms with van der Waals surface area (Å²) in [5, 5.41) is 4.88. The van der Waals surface area contributed by atoms with Crippen LogP contribution in [0.5, 0.6) is 17.2 Å². The van der Waals surface area contributed by atoms with Crippen LogP contribution in [-0.4, -0.2) is 47.8 Å². The first-order valence-electron chi connectivity index (χ1n) is 11.9. The van der Waals surface area contributed by atoms with Crippen LogP contribution in [0.3, 0.4) is 0 Å². The molecule has 0 unspecified atom stereocenters. The molecule has 0 aliphatic carbocycles. The van der Waals surface area contributed by atoms with Gasteiger partial charge in [-0.1, -0.05) is 29.8 Å². The van der Waals surface area contributed by atoms with Crippen molar-refractivity contribution in [3.63, 3.8) is 0 Å². The number of nitrogens with one attached hydrogen (secondary N) is 2. The maximum atomic E-state index is 12.8. The molecule has 0 aromatic heterocycles. The monoisotopic (exact) mass is 545 g/mol. The largest absolute Gasteiger partial charge is 0.484 e.